The Morgan fingerprint density at radius 1 is 1.64 bits per heavy atom. The summed E-state index contributed by atoms with van der Waals surface area (Å²) in [6.07, 6.45) is 3.25. The maximum Gasteiger partial charge on any atom is 0.221 e. The fourth-order valence-corrected chi connectivity index (χ4v) is 1.20. The Labute approximate surface area is 83.4 Å². The highest BCUT2D eigenvalue weighted by molar-refractivity contribution is 5.38. The van der Waals surface area contributed by atoms with Gasteiger partial charge < -0.3 is 16.2 Å². The van der Waals surface area contributed by atoms with Crippen molar-refractivity contribution in [2.24, 2.45) is 0 Å². The molecule has 0 radical (unpaired) electrons. The molecule has 0 saturated heterocycles. The average molecular weight is 196 g/mol. The van der Waals surface area contributed by atoms with Crippen molar-refractivity contribution in [2.45, 2.75) is 25.8 Å². The monoisotopic (exact) mass is 196 g/mol. The van der Waals surface area contributed by atoms with E-state index in [1.807, 2.05) is 0 Å². The maximum atomic E-state index is 8.80. The van der Waals surface area contributed by atoms with Crippen LogP contribution in [0.4, 0.5) is 11.8 Å². The summed E-state index contributed by atoms with van der Waals surface area (Å²) in [4.78, 5) is 7.81. The summed E-state index contributed by atoms with van der Waals surface area (Å²) < 4.78 is 0. The molecule has 0 aromatic carbocycles. The van der Waals surface area contributed by atoms with Crippen molar-refractivity contribution >= 4 is 11.8 Å². The van der Waals surface area contributed by atoms with E-state index < -0.39 is 0 Å². The lowest BCUT2D eigenvalue weighted by Gasteiger charge is -2.15. The summed E-state index contributed by atoms with van der Waals surface area (Å²) >= 11 is 0. The van der Waals surface area contributed by atoms with Crippen LogP contribution >= 0.6 is 0 Å². The molecular weight excluding hydrogens is 180 g/mol. The molecule has 5 heteroatoms. The Morgan fingerprint density at radius 2 is 2.43 bits per heavy atom. The van der Waals surface area contributed by atoms with Crippen LogP contribution in [0.2, 0.25) is 0 Å². The molecule has 0 aliphatic heterocycles. The largest absolute Gasteiger partial charge is 0.396 e. The Kier molecular flexibility index (Phi) is 4.12. The quantitative estimate of drug-likeness (QED) is 0.643. The Hall–Kier alpha value is -1.36. The van der Waals surface area contributed by atoms with Crippen molar-refractivity contribution in [3.8, 4) is 0 Å². The Morgan fingerprint density at radius 3 is 3.00 bits per heavy atom. The van der Waals surface area contributed by atoms with Gasteiger partial charge in [-0.2, -0.15) is 4.98 Å². The summed E-state index contributed by atoms with van der Waals surface area (Å²) in [5.41, 5.74) is 5.44. The summed E-state index contributed by atoms with van der Waals surface area (Å²) in [6.45, 7) is 2.23. The van der Waals surface area contributed by atoms with Crippen LogP contribution < -0.4 is 11.1 Å². The van der Waals surface area contributed by atoms with Gasteiger partial charge in [-0.25, -0.2) is 4.98 Å². The number of anilines is 2. The fourth-order valence-electron chi connectivity index (χ4n) is 1.20. The lowest BCUT2D eigenvalue weighted by molar-refractivity contribution is 0.278. The number of hydrogen-bond acceptors (Lipinski definition) is 5. The van der Waals surface area contributed by atoms with Crippen molar-refractivity contribution < 1.29 is 5.11 Å². The molecule has 0 amide bonds. The van der Waals surface area contributed by atoms with E-state index in [0.29, 0.717) is 12.2 Å². The standard InChI is InChI=1S/C9H16N4O/c1-2-7(4-6-14)12-8-3-5-11-9(10)13-8/h3,5,7,14H,2,4,6H2,1H3,(H3,10,11,12,13). The molecule has 0 aliphatic carbocycles. The number of aromatic nitrogens is 2. The molecule has 1 heterocycles. The van der Waals surface area contributed by atoms with Gasteiger partial charge in [0, 0.05) is 18.8 Å². The lowest BCUT2D eigenvalue weighted by atomic mass is 10.1. The van der Waals surface area contributed by atoms with Crippen LogP contribution in [0, 0.1) is 0 Å². The number of rotatable bonds is 5. The fraction of sp³-hybridized carbons (Fsp3) is 0.556. The van der Waals surface area contributed by atoms with Gasteiger partial charge in [-0.1, -0.05) is 6.92 Å². The molecule has 78 valence electrons. The Bertz CT molecular complexity index is 279. The first kappa shape index (κ1) is 10.7. The van der Waals surface area contributed by atoms with Crippen molar-refractivity contribution in [3.05, 3.63) is 12.3 Å². The van der Waals surface area contributed by atoms with E-state index in [4.69, 9.17) is 10.8 Å². The van der Waals surface area contributed by atoms with Gasteiger partial charge in [0.1, 0.15) is 5.82 Å². The lowest BCUT2D eigenvalue weighted by Crippen LogP contribution is -2.20. The number of aliphatic hydroxyl groups excluding tert-OH is 1. The molecule has 0 saturated carbocycles. The number of hydrogen-bond donors (Lipinski definition) is 3. The summed E-state index contributed by atoms with van der Waals surface area (Å²) in [6, 6.07) is 1.99. The topological polar surface area (TPSA) is 84.1 Å². The van der Waals surface area contributed by atoms with Gasteiger partial charge in [-0.15, -0.1) is 0 Å². The third-order valence-electron chi connectivity index (χ3n) is 2.00. The van der Waals surface area contributed by atoms with Gasteiger partial charge in [0.25, 0.3) is 0 Å². The van der Waals surface area contributed by atoms with E-state index in [9.17, 15) is 0 Å². The first-order valence-electron chi connectivity index (χ1n) is 4.72. The van der Waals surface area contributed by atoms with E-state index in [2.05, 4.69) is 22.2 Å². The second kappa shape index (κ2) is 5.39. The first-order chi connectivity index (χ1) is 6.76. The highest BCUT2D eigenvalue weighted by Gasteiger charge is 2.05. The smallest absolute Gasteiger partial charge is 0.221 e. The maximum absolute atomic E-state index is 8.80. The number of nitrogen functional groups attached to an aromatic ring is 1. The second-order valence-corrected chi connectivity index (χ2v) is 3.06. The third kappa shape index (κ3) is 3.18. The van der Waals surface area contributed by atoms with Gasteiger partial charge >= 0.3 is 0 Å². The molecule has 0 fully saturated rings. The minimum Gasteiger partial charge on any atom is -0.396 e. The van der Waals surface area contributed by atoms with Crippen LogP contribution in [0.3, 0.4) is 0 Å². The number of nitrogens with zero attached hydrogens (tertiary/aromatic N) is 2. The van der Waals surface area contributed by atoms with Gasteiger partial charge in [0.2, 0.25) is 5.95 Å². The first-order valence-corrected chi connectivity index (χ1v) is 4.72. The van der Waals surface area contributed by atoms with E-state index in [1.54, 1.807) is 12.3 Å². The molecule has 0 bridgehead atoms. The van der Waals surface area contributed by atoms with E-state index in [1.165, 1.54) is 0 Å². The van der Waals surface area contributed by atoms with Crippen LogP contribution in [0.15, 0.2) is 12.3 Å². The van der Waals surface area contributed by atoms with Crippen molar-refractivity contribution in [2.75, 3.05) is 17.7 Å². The SMILES string of the molecule is CCC(CCO)Nc1ccnc(N)n1. The van der Waals surface area contributed by atoms with Crippen LogP contribution in [-0.4, -0.2) is 27.7 Å². The molecule has 4 N–H and O–H groups in total. The van der Waals surface area contributed by atoms with Gasteiger partial charge in [-0.3, -0.25) is 0 Å². The van der Waals surface area contributed by atoms with Crippen molar-refractivity contribution in [1.29, 1.82) is 0 Å². The molecule has 1 aromatic heterocycles. The normalized spacial score (nSPS) is 12.4. The minimum atomic E-state index is 0.173. The zero-order valence-electron chi connectivity index (χ0n) is 8.27. The van der Waals surface area contributed by atoms with E-state index in [0.717, 1.165) is 6.42 Å². The zero-order valence-corrected chi connectivity index (χ0v) is 8.27. The molecule has 1 unspecified atom stereocenters. The van der Waals surface area contributed by atoms with Gasteiger partial charge in [-0.05, 0) is 18.9 Å². The van der Waals surface area contributed by atoms with Gasteiger partial charge in [0.15, 0.2) is 0 Å². The Balaban J connectivity index is 2.57. The van der Waals surface area contributed by atoms with E-state index >= 15 is 0 Å². The molecular formula is C9H16N4O. The summed E-state index contributed by atoms with van der Waals surface area (Å²) in [5.74, 6) is 0.964. The van der Waals surface area contributed by atoms with Crippen LogP contribution in [0.1, 0.15) is 19.8 Å². The number of nitrogens with one attached hydrogen (secondary N) is 1. The molecule has 1 atom stereocenters. The molecule has 0 aliphatic rings. The second-order valence-electron chi connectivity index (χ2n) is 3.06. The van der Waals surface area contributed by atoms with Gasteiger partial charge in [0.05, 0.1) is 0 Å². The molecule has 5 nitrogen and oxygen atoms in total. The molecule has 1 rings (SSSR count). The number of aliphatic hydroxyl groups is 1. The molecule has 1 aromatic rings. The van der Waals surface area contributed by atoms with Crippen molar-refractivity contribution in [1.82, 2.24) is 9.97 Å². The average Bonchev–Trinajstić information content (AvgIpc) is 2.17. The van der Waals surface area contributed by atoms with Crippen molar-refractivity contribution in [3.63, 3.8) is 0 Å². The third-order valence-corrected chi connectivity index (χ3v) is 2.00. The summed E-state index contributed by atoms with van der Waals surface area (Å²) in [7, 11) is 0. The highest BCUT2D eigenvalue weighted by atomic mass is 16.3. The van der Waals surface area contributed by atoms with Crippen LogP contribution in [0.25, 0.3) is 0 Å². The number of nitrogens with two attached hydrogens (primary N) is 1. The highest BCUT2D eigenvalue weighted by Crippen LogP contribution is 2.08. The zero-order chi connectivity index (χ0) is 10.4. The summed E-state index contributed by atoms with van der Waals surface area (Å²) in [5, 5.41) is 12.0. The predicted molar refractivity (Wildman–Crippen MR) is 55.8 cm³/mol. The van der Waals surface area contributed by atoms with E-state index in [-0.39, 0.29) is 18.6 Å². The predicted octanol–water partition coefficient (Wildman–Crippen LogP) is 0.632. The molecule has 0 spiro atoms. The minimum absolute atomic E-state index is 0.173. The van der Waals surface area contributed by atoms with Crippen LogP contribution in [0.5, 0.6) is 0 Å². The molecule has 14 heavy (non-hydrogen) atoms. The van der Waals surface area contributed by atoms with Crippen LogP contribution in [-0.2, 0) is 0 Å².